The van der Waals surface area contributed by atoms with Crippen molar-refractivity contribution in [3.05, 3.63) is 17.8 Å². The Hall–Kier alpha value is -1.65. The lowest BCUT2D eigenvalue weighted by atomic mass is 10.0. The van der Waals surface area contributed by atoms with Crippen LogP contribution in [0.3, 0.4) is 0 Å². The van der Waals surface area contributed by atoms with Crippen molar-refractivity contribution in [1.82, 2.24) is 10.2 Å². The van der Waals surface area contributed by atoms with Gasteiger partial charge >= 0.3 is 5.97 Å². The van der Waals surface area contributed by atoms with Crippen molar-refractivity contribution < 1.29 is 9.90 Å². The van der Waals surface area contributed by atoms with Crippen LogP contribution in [0, 0.1) is 11.8 Å². The van der Waals surface area contributed by atoms with Crippen LogP contribution in [0.1, 0.15) is 24.3 Å². The van der Waals surface area contributed by atoms with Gasteiger partial charge in [0.1, 0.15) is 0 Å². The van der Waals surface area contributed by atoms with Crippen LogP contribution < -0.4 is 4.90 Å². The van der Waals surface area contributed by atoms with Crippen molar-refractivity contribution >= 4 is 11.8 Å². The van der Waals surface area contributed by atoms with Crippen molar-refractivity contribution in [3.63, 3.8) is 0 Å². The molecule has 1 aromatic heterocycles. The quantitative estimate of drug-likeness (QED) is 0.814. The van der Waals surface area contributed by atoms with Crippen molar-refractivity contribution in [1.29, 1.82) is 0 Å². The number of anilines is 1. The standard InChI is InChI=1S/C11H15N3O2/c1-7-5-14(6-8(7)2)10-4-3-9(11(15)16)12-13-10/h3-4,7-8H,5-6H2,1-2H3,(H,15,16). The van der Waals surface area contributed by atoms with Crippen molar-refractivity contribution in [2.45, 2.75) is 13.8 Å². The van der Waals surface area contributed by atoms with Crippen LogP contribution in [0.2, 0.25) is 0 Å². The molecule has 0 radical (unpaired) electrons. The summed E-state index contributed by atoms with van der Waals surface area (Å²) in [5.41, 5.74) is -0.0101. The highest BCUT2D eigenvalue weighted by Crippen LogP contribution is 2.25. The summed E-state index contributed by atoms with van der Waals surface area (Å²) >= 11 is 0. The number of carbonyl (C=O) groups is 1. The molecule has 2 rings (SSSR count). The summed E-state index contributed by atoms with van der Waals surface area (Å²) in [6.45, 7) is 6.35. The second-order valence-electron chi connectivity index (χ2n) is 4.44. The molecule has 1 aromatic rings. The third-order valence-corrected chi connectivity index (χ3v) is 3.18. The Morgan fingerprint density at radius 2 is 1.94 bits per heavy atom. The maximum atomic E-state index is 10.6. The molecule has 0 amide bonds. The van der Waals surface area contributed by atoms with E-state index in [1.165, 1.54) is 6.07 Å². The Morgan fingerprint density at radius 3 is 2.38 bits per heavy atom. The average Bonchev–Trinajstić information content (AvgIpc) is 2.59. The predicted octanol–water partition coefficient (Wildman–Crippen LogP) is 1.27. The third-order valence-electron chi connectivity index (χ3n) is 3.18. The van der Waals surface area contributed by atoms with Gasteiger partial charge in [-0.2, -0.15) is 0 Å². The number of carboxylic acids is 1. The Kier molecular flexibility index (Phi) is 2.77. The molecule has 1 N–H and O–H groups in total. The summed E-state index contributed by atoms with van der Waals surface area (Å²) in [6, 6.07) is 3.22. The Balaban J connectivity index is 2.14. The molecule has 2 unspecified atom stereocenters. The van der Waals surface area contributed by atoms with Crippen LogP contribution in [0.15, 0.2) is 12.1 Å². The van der Waals surface area contributed by atoms with E-state index in [0.717, 1.165) is 18.9 Å². The molecule has 16 heavy (non-hydrogen) atoms. The van der Waals surface area contributed by atoms with E-state index in [1.807, 2.05) is 0 Å². The Labute approximate surface area is 94.1 Å². The second-order valence-corrected chi connectivity index (χ2v) is 4.44. The molecule has 5 heteroatoms. The zero-order valence-corrected chi connectivity index (χ0v) is 9.42. The molecular formula is C11H15N3O2. The fourth-order valence-electron chi connectivity index (χ4n) is 1.92. The minimum atomic E-state index is -1.04. The molecule has 0 saturated carbocycles. The third kappa shape index (κ3) is 1.98. The van der Waals surface area contributed by atoms with Crippen LogP contribution in [0.5, 0.6) is 0 Å². The van der Waals surface area contributed by atoms with Gasteiger partial charge in [0.15, 0.2) is 11.5 Å². The maximum absolute atomic E-state index is 10.6. The Bertz CT molecular complexity index is 381. The molecule has 1 saturated heterocycles. The van der Waals surface area contributed by atoms with Crippen LogP contribution in [-0.2, 0) is 0 Å². The number of nitrogens with zero attached hydrogens (tertiary/aromatic N) is 3. The van der Waals surface area contributed by atoms with Gasteiger partial charge in [0.05, 0.1) is 0 Å². The number of aromatic nitrogens is 2. The van der Waals surface area contributed by atoms with Gasteiger partial charge in [0.25, 0.3) is 0 Å². The first-order valence-corrected chi connectivity index (χ1v) is 5.40. The van der Waals surface area contributed by atoms with Crippen LogP contribution in [0.25, 0.3) is 0 Å². The summed E-state index contributed by atoms with van der Waals surface area (Å²) < 4.78 is 0. The number of aromatic carboxylic acids is 1. The lowest BCUT2D eigenvalue weighted by molar-refractivity contribution is 0.0689. The van der Waals surface area contributed by atoms with Crippen LogP contribution >= 0.6 is 0 Å². The van der Waals surface area contributed by atoms with Crippen molar-refractivity contribution in [2.75, 3.05) is 18.0 Å². The molecule has 0 aliphatic carbocycles. The van der Waals surface area contributed by atoms with E-state index in [0.29, 0.717) is 11.8 Å². The monoisotopic (exact) mass is 221 g/mol. The highest BCUT2D eigenvalue weighted by Gasteiger charge is 2.27. The predicted molar refractivity (Wildman–Crippen MR) is 59.5 cm³/mol. The van der Waals surface area contributed by atoms with Crippen molar-refractivity contribution in [2.24, 2.45) is 11.8 Å². The molecule has 1 aliphatic rings. The lowest BCUT2D eigenvalue weighted by Crippen LogP contribution is -2.21. The van der Waals surface area contributed by atoms with Gasteiger partial charge in [-0.25, -0.2) is 4.79 Å². The van der Waals surface area contributed by atoms with Gasteiger partial charge in [0.2, 0.25) is 0 Å². The van der Waals surface area contributed by atoms with Gasteiger partial charge in [-0.3, -0.25) is 0 Å². The fourth-order valence-corrected chi connectivity index (χ4v) is 1.92. The normalized spacial score (nSPS) is 24.8. The molecule has 86 valence electrons. The SMILES string of the molecule is CC1CN(c2ccc(C(=O)O)nn2)CC1C. The van der Waals surface area contributed by atoms with Gasteiger partial charge in [-0.15, -0.1) is 10.2 Å². The second kappa shape index (κ2) is 4.08. The van der Waals surface area contributed by atoms with E-state index in [9.17, 15) is 4.79 Å². The summed E-state index contributed by atoms with van der Waals surface area (Å²) in [5.74, 6) is 1.00. The number of hydrogen-bond donors (Lipinski definition) is 1. The van der Waals surface area contributed by atoms with Gasteiger partial charge in [0, 0.05) is 13.1 Å². The molecule has 1 fully saturated rings. The highest BCUT2D eigenvalue weighted by molar-refractivity contribution is 5.85. The molecule has 1 aliphatic heterocycles. The summed E-state index contributed by atoms with van der Waals surface area (Å²) in [7, 11) is 0. The number of carboxylic acid groups (broad SMARTS) is 1. The first kappa shape index (κ1) is 10.9. The molecule has 0 spiro atoms. The first-order valence-electron chi connectivity index (χ1n) is 5.40. The van der Waals surface area contributed by atoms with Crippen molar-refractivity contribution in [3.8, 4) is 0 Å². The minimum absolute atomic E-state index is 0.0101. The largest absolute Gasteiger partial charge is 0.476 e. The molecule has 2 atom stereocenters. The maximum Gasteiger partial charge on any atom is 0.356 e. The summed E-state index contributed by atoms with van der Waals surface area (Å²) in [5, 5.41) is 16.3. The number of rotatable bonds is 2. The first-order chi connectivity index (χ1) is 7.58. The van der Waals surface area contributed by atoms with E-state index in [2.05, 4.69) is 28.9 Å². The Morgan fingerprint density at radius 1 is 1.31 bits per heavy atom. The topological polar surface area (TPSA) is 66.3 Å². The summed E-state index contributed by atoms with van der Waals surface area (Å²) in [6.07, 6.45) is 0. The minimum Gasteiger partial charge on any atom is -0.476 e. The molecule has 5 nitrogen and oxygen atoms in total. The zero-order valence-electron chi connectivity index (χ0n) is 9.42. The van der Waals surface area contributed by atoms with Gasteiger partial charge in [-0.05, 0) is 24.0 Å². The van der Waals surface area contributed by atoms with Gasteiger partial charge in [-0.1, -0.05) is 13.8 Å². The van der Waals surface area contributed by atoms with E-state index >= 15 is 0 Å². The van der Waals surface area contributed by atoms with E-state index in [4.69, 9.17) is 5.11 Å². The lowest BCUT2D eigenvalue weighted by Gasteiger charge is -2.15. The van der Waals surface area contributed by atoms with E-state index < -0.39 is 5.97 Å². The van der Waals surface area contributed by atoms with Gasteiger partial charge < -0.3 is 10.0 Å². The molecule has 0 aromatic carbocycles. The zero-order chi connectivity index (χ0) is 11.7. The van der Waals surface area contributed by atoms with Crippen LogP contribution in [0.4, 0.5) is 5.82 Å². The smallest absolute Gasteiger partial charge is 0.356 e. The van der Waals surface area contributed by atoms with Crippen LogP contribution in [-0.4, -0.2) is 34.4 Å². The molecule has 2 heterocycles. The number of hydrogen-bond acceptors (Lipinski definition) is 4. The van der Waals surface area contributed by atoms with E-state index in [-0.39, 0.29) is 5.69 Å². The average molecular weight is 221 g/mol. The molecular weight excluding hydrogens is 206 g/mol. The highest BCUT2D eigenvalue weighted by atomic mass is 16.4. The molecule has 0 bridgehead atoms. The summed E-state index contributed by atoms with van der Waals surface area (Å²) in [4.78, 5) is 12.8. The fraction of sp³-hybridized carbons (Fsp3) is 0.545. The van der Waals surface area contributed by atoms with E-state index in [1.54, 1.807) is 6.07 Å².